The first-order chi connectivity index (χ1) is 11.1. The lowest BCUT2D eigenvalue weighted by atomic mass is 10.3. The molecule has 118 valence electrons. The first-order valence-electron chi connectivity index (χ1n) is 7.41. The van der Waals surface area contributed by atoms with E-state index in [0.717, 1.165) is 16.7 Å². The van der Waals surface area contributed by atoms with Crippen LogP contribution in [-0.2, 0) is 6.54 Å². The smallest absolute Gasteiger partial charge is 0.319 e. The Balaban J connectivity index is 1.65. The van der Waals surface area contributed by atoms with Gasteiger partial charge >= 0.3 is 6.03 Å². The van der Waals surface area contributed by atoms with Crippen molar-refractivity contribution in [1.82, 2.24) is 25.1 Å². The minimum Gasteiger partial charge on any atom is -0.332 e. The average molecular weight is 310 g/mol. The number of pyridine rings is 2. The molecule has 2 amide bonds. The molecule has 0 bridgehead atoms. The predicted octanol–water partition coefficient (Wildman–Crippen LogP) is 2.73. The summed E-state index contributed by atoms with van der Waals surface area (Å²) in [6, 6.07) is 7.37. The van der Waals surface area contributed by atoms with Crippen molar-refractivity contribution < 1.29 is 4.79 Å². The van der Waals surface area contributed by atoms with Gasteiger partial charge in [-0.1, -0.05) is 6.07 Å². The highest BCUT2D eigenvalue weighted by Crippen LogP contribution is 2.18. The van der Waals surface area contributed by atoms with E-state index in [0.29, 0.717) is 12.2 Å². The van der Waals surface area contributed by atoms with E-state index in [2.05, 4.69) is 25.7 Å². The highest BCUT2D eigenvalue weighted by Gasteiger charge is 2.09. The van der Waals surface area contributed by atoms with E-state index in [1.54, 1.807) is 18.6 Å². The van der Waals surface area contributed by atoms with Gasteiger partial charge in [0.1, 0.15) is 0 Å². The lowest BCUT2D eigenvalue weighted by Crippen LogP contribution is -2.28. The lowest BCUT2D eigenvalue weighted by Gasteiger charge is -2.08. The number of carbonyl (C=O) groups is 1. The van der Waals surface area contributed by atoms with Crippen LogP contribution in [0.25, 0.3) is 11.0 Å². The SMILES string of the molecule is CC(C)n1ncc2cc(NC(=O)NCc3ccccn3)cnc21. The molecule has 3 aromatic heterocycles. The zero-order valence-electron chi connectivity index (χ0n) is 13.0. The van der Waals surface area contributed by atoms with Gasteiger partial charge in [0.25, 0.3) is 0 Å². The van der Waals surface area contributed by atoms with E-state index >= 15 is 0 Å². The summed E-state index contributed by atoms with van der Waals surface area (Å²) < 4.78 is 1.85. The monoisotopic (exact) mass is 310 g/mol. The number of carbonyl (C=O) groups excluding carboxylic acids is 1. The number of hydrogen-bond acceptors (Lipinski definition) is 4. The third-order valence-electron chi connectivity index (χ3n) is 3.34. The van der Waals surface area contributed by atoms with Crippen LogP contribution < -0.4 is 10.6 Å². The van der Waals surface area contributed by atoms with Crippen LogP contribution in [0.1, 0.15) is 25.6 Å². The van der Waals surface area contributed by atoms with Crippen molar-refractivity contribution in [2.24, 2.45) is 0 Å². The molecule has 0 aliphatic rings. The highest BCUT2D eigenvalue weighted by molar-refractivity contribution is 5.91. The summed E-state index contributed by atoms with van der Waals surface area (Å²) in [5.41, 5.74) is 2.23. The van der Waals surface area contributed by atoms with Gasteiger partial charge in [-0.2, -0.15) is 5.10 Å². The maximum absolute atomic E-state index is 11.9. The summed E-state index contributed by atoms with van der Waals surface area (Å²) in [5, 5.41) is 10.7. The van der Waals surface area contributed by atoms with Crippen molar-refractivity contribution in [1.29, 1.82) is 0 Å². The molecule has 3 heterocycles. The third kappa shape index (κ3) is 3.45. The van der Waals surface area contributed by atoms with Crippen LogP contribution in [0.15, 0.2) is 42.9 Å². The van der Waals surface area contributed by atoms with E-state index in [1.807, 2.05) is 42.8 Å². The summed E-state index contributed by atoms with van der Waals surface area (Å²) in [7, 11) is 0. The first-order valence-corrected chi connectivity index (χ1v) is 7.41. The number of rotatable bonds is 4. The zero-order valence-corrected chi connectivity index (χ0v) is 13.0. The summed E-state index contributed by atoms with van der Waals surface area (Å²) in [4.78, 5) is 20.5. The van der Waals surface area contributed by atoms with Gasteiger partial charge in [0, 0.05) is 17.6 Å². The lowest BCUT2D eigenvalue weighted by molar-refractivity contribution is 0.251. The van der Waals surface area contributed by atoms with Crippen LogP contribution in [0.5, 0.6) is 0 Å². The average Bonchev–Trinajstić information content (AvgIpc) is 2.97. The summed E-state index contributed by atoms with van der Waals surface area (Å²) >= 11 is 0. The standard InChI is InChI=1S/C16H18N6O/c1-11(2)22-15-12(8-20-22)7-14(10-18-15)21-16(23)19-9-13-5-3-4-6-17-13/h3-8,10-11H,9H2,1-2H3,(H2,19,21,23). The van der Waals surface area contributed by atoms with Crippen molar-refractivity contribution in [2.75, 3.05) is 5.32 Å². The molecule has 0 saturated carbocycles. The maximum Gasteiger partial charge on any atom is 0.319 e. The summed E-state index contributed by atoms with van der Waals surface area (Å²) in [6.45, 7) is 4.46. The minimum absolute atomic E-state index is 0.237. The number of aromatic nitrogens is 4. The van der Waals surface area contributed by atoms with Crippen LogP contribution in [0.4, 0.5) is 10.5 Å². The number of nitrogens with one attached hydrogen (secondary N) is 2. The second-order valence-corrected chi connectivity index (χ2v) is 5.45. The Morgan fingerprint density at radius 1 is 1.26 bits per heavy atom. The fourth-order valence-electron chi connectivity index (χ4n) is 2.24. The fraction of sp³-hybridized carbons (Fsp3) is 0.250. The van der Waals surface area contributed by atoms with Gasteiger partial charge in [-0.25, -0.2) is 14.5 Å². The van der Waals surface area contributed by atoms with Gasteiger partial charge in [-0.3, -0.25) is 4.98 Å². The molecule has 2 N–H and O–H groups in total. The van der Waals surface area contributed by atoms with E-state index < -0.39 is 0 Å². The van der Waals surface area contributed by atoms with E-state index in [9.17, 15) is 4.79 Å². The topological polar surface area (TPSA) is 84.7 Å². The Morgan fingerprint density at radius 3 is 2.87 bits per heavy atom. The molecule has 0 aromatic carbocycles. The van der Waals surface area contributed by atoms with Gasteiger partial charge in [0.05, 0.1) is 30.3 Å². The Hall–Kier alpha value is -2.96. The molecule has 3 rings (SSSR count). The van der Waals surface area contributed by atoms with Crippen LogP contribution in [0.2, 0.25) is 0 Å². The van der Waals surface area contributed by atoms with Gasteiger partial charge < -0.3 is 10.6 Å². The first kappa shape index (κ1) is 15.0. The van der Waals surface area contributed by atoms with E-state index in [-0.39, 0.29) is 12.1 Å². The molecule has 0 spiro atoms. The van der Waals surface area contributed by atoms with Crippen LogP contribution >= 0.6 is 0 Å². The van der Waals surface area contributed by atoms with Crippen molar-refractivity contribution in [3.8, 4) is 0 Å². The molecule has 0 atom stereocenters. The normalized spacial score (nSPS) is 10.9. The predicted molar refractivity (Wildman–Crippen MR) is 88.0 cm³/mol. The van der Waals surface area contributed by atoms with E-state index in [4.69, 9.17) is 0 Å². The van der Waals surface area contributed by atoms with Crippen molar-refractivity contribution in [2.45, 2.75) is 26.4 Å². The Morgan fingerprint density at radius 2 is 2.13 bits per heavy atom. The zero-order chi connectivity index (χ0) is 16.2. The second-order valence-electron chi connectivity index (χ2n) is 5.45. The Labute approximate surface area is 133 Å². The number of amides is 2. The summed E-state index contributed by atoms with van der Waals surface area (Å²) in [5.74, 6) is 0. The van der Waals surface area contributed by atoms with E-state index in [1.165, 1.54) is 0 Å². The minimum atomic E-state index is -0.298. The molecule has 0 unspecified atom stereocenters. The van der Waals surface area contributed by atoms with Gasteiger partial charge in [0.2, 0.25) is 0 Å². The number of urea groups is 1. The molecule has 3 aromatic rings. The molecular formula is C16H18N6O. The highest BCUT2D eigenvalue weighted by atomic mass is 16.2. The molecule has 0 saturated heterocycles. The Bertz CT molecular complexity index is 812. The summed E-state index contributed by atoms with van der Waals surface area (Å²) in [6.07, 6.45) is 5.07. The number of fused-ring (bicyclic) bond motifs is 1. The molecule has 7 nitrogen and oxygen atoms in total. The van der Waals surface area contributed by atoms with Crippen LogP contribution in [0, 0.1) is 0 Å². The molecule has 7 heteroatoms. The molecule has 0 fully saturated rings. The molecule has 0 radical (unpaired) electrons. The van der Waals surface area contributed by atoms with Gasteiger partial charge in [0.15, 0.2) is 5.65 Å². The van der Waals surface area contributed by atoms with Crippen LogP contribution in [0.3, 0.4) is 0 Å². The third-order valence-corrected chi connectivity index (χ3v) is 3.34. The molecule has 0 aliphatic heterocycles. The molecule has 0 aliphatic carbocycles. The second kappa shape index (κ2) is 6.43. The number of anilines is 1. The quantitative estimate of drug-likeness (QED) is 0.776. The number of nitrogens with zero attached hydrogens (tertiary/aromatic N) is 4. The molecular weight excluding hydrogens is 292 g/mol. The van der Waals surface area contributed by atoms with Crippen molar-refractivity contribution in [3.63, 3.8) is 0 Å². The number of hydrogen-bond donors (Lipinski definition) is 2. The van der Waals surface area contributed by atoms with Crippen LogP contribution in [-0.4, -0.2) is 25.8 Å². The van der Waals surface area contributed by atoms with Gasteiger partial charge in [-0.05, 0) is 32.0 Å². The maximum atomic E-state index is 11.9. The van der Waals surface area contributed by atoms with Crippen molar-refractivity contribution >= 4 is 22.8 Å². The van der Waals surface area contributed by atoms with Crippen molar-refractivity contribution in [3.05, 3.63) is 48.5 Å². The molecule has 23 heavy (non-hydrogen) atoms. The largest absolute Gasteiger partial charge is 0.332 e. The Kier molecular flexibility index (Phi) is 4.18. The van der Waals surface area contributed by atoms with Gasteiger partial charge in [-0.15, -0.1) is 0 Å². The fourth-order valence-corrected chi connectivity index (χ4v) is 2.24.